The number of ketones is 2. The first-order valence-electron chi connectivity index (χ1n) is 15.8. The van der Waals surface area contributed by atoms with E-state index in [0.717, 1.165) is 25.7 Å². The van der Waals surface area contributed by atoms with Gasteiger partial charge in [-0.15, -0.1) is 0 Å². The number of carbonyl (C=O) groups excluding carboxylic acids is 5. The molecule has 0 aliphatic heterocycles. The normalized spacial score (nSPS) is 33.5. The average Bonchev–Trinajstić information content (AvgIpc) is 3.25. The van der Waals surface area contributed by atoms with Crippen LogP contribution in [-0.2, 0) is 38.2 Å². The van der Waals surface area contributed by atoms with Crippen LogP contribution in [0.15, 0.2) is 11.6 Å². The first kappa shape index (κ1) is 33.8. The van der Waals surface area contributed by atoms with E-state index in [2.05, 4.69) is 12.2 Å². The van der Waals surface area contributed by atoms with Gasteiger partial charge in [-0.3, -0.25) is 24.0 Å². The third-order valence-electron chi connectivity index (χ3n) is 11.5. The number of Topliss-reactive ketones (excluding diaryl/α,β-unsaturated/α-hetero) is 1. The molecule has 4 aliphatic carbocycles. The zero-order valence-corrected chi connectivity index (χ0v) is 26.5. The van der Waals surface area contributed by atoms with Gasteiger partial charge in [0, 0.05) is 37.1 Å². The summed E-state index contributed by atoms with van der Waals surface area (Å²) in [5.41, 5.74) is -1.96. The van der Waals surface area contributed by atoms with Crippen molar-refractivity contribution in [2.75, 3.05) is 13.2 Å². The fourth-order valence-electron chi connectivity index (χ4n) is 8.88. The monoisotopic (exact) mass is 617 g/mol. The van der Waals surface area contributed by atoms with E-state index in [1.807, 2.05) is 13.0 Å². The largest absolute Gasteiger partial charge is 0.479 e. The quantitative estimate of drug-likeness (QED) is 0.292. The molecule has 4 aliphatic rings. The highest BCUT2D eigenvalue weighted by atomic mass is 16.6. The molecule has 3 fully saturated rings. The van der Waals surface area contributed by atoms with Gasteiger partial charge in [0.15, 0.2) is 24.1 Å². The number of aliphatic hydroxyl groups excluding tert-OH is 1. The summed E-state index contributed by atoms with van der Waals surface area (Å²) >= 11 is 0. The molecule has 0 heterocycles. The zero-order chi connectivity index (χ0) is 32.7. The molecule has 1 amide bonds. The topological polar surface area (TPSA) is 173 Å². The molecule has 11 heteroatoms. The Morgan fingerprint density at radius 1 is 1.02 bits per heavy atom. The van der Waals surface area contributed by atoms with Crippen LogP contribution >= 0.6 is 0 Å². The molecule has 244 valence electrons. The lowest BCUT2D eigenvalue weighted by Gasteiger charge is -2.59. The van der Waals surface area contributed by atoms with Crippen molar-refractivity contribution in [3.63, 3.8) is 0 Å². The van der Waals surface area contributed by atoms with E-state index in [0.29, 0.717) is 37.5 Å². The van der Waals surface area contributed by atoms with Crippen LogP contribution in [0.25, 0.3) is 0 Å². The van der Waals surface area contributed by atoms with Crippen LogP contribution in [0.1, 0.15) is 98.8 Å². The number of aliphatic hydroxyl groups is 1. The van der Waals surface area contributed by atoms with Gasteiger partial charge in [-0.1, -0.05) is 33.3 Å². The Bertz CT molecular complexity index is 1250. The first-order chi connectivity index (χ1) is 20.5. The average molecular weight is 618 g/mol. The highest BCUT2D eigenvalue weighted by molar-refractivity contribution is 5.93. The Balaban J connectivity index is 1.39. The maximum absolute atomic E-state index is 13.9. The van der Waals surface area contributed by atoms with Crippen LogP contribution in [0.3, 0.4) is 0 Å². The zero-order valence-electron chi connectivity index (χ0n) is 26.5. The van der Waals surface area contributed by atoms with Crippen molar-refractivity contribution in [3.05, 3.63) is 11.6 Å². The van der Waals surface area contributed by atoms with Crippen molar-refractivity contribution in [1.29, 1.82) is 0 Å². The molecule has 0 aromatic heterocycles. The minimum Gasteiger partial charge on any atom is -0.479 e. The van der Waals surface area contributed by atoms with Gasteiger partial charge in [-0.25, -0.2) is 4.79 Å². The number of ether oxygens (including phenoxy) is 2. The van der Waals surface area contributed by atoms with Crippen LogP contribution in [0.2, 0.25) is 0 Å². The third kappa shape index (κ3) is 6.08. The molecule has 0 saturated heterocycles. The summed E-state index contributed by atoms with van der Waals surface area (Å²) < 4.78 is 11.2. The number of aliphatic carboxylic acids is 1. The summed E-state index contributed by atoms with van der Waals surface area (Å²) in [5, 5.41) is 21.3. The number of nitrogens with one attached hydrogen (secondary N) is 1. The summed E-state index contributed by atoms with van der Waals surface area (Å²) in [7, 11) is 0. The van der Waals surface area contributed by atoms with Crippen LogP contribution in [0.4, 0.5) is 0 Å². The minimum atomic E-state index is -1.68. The van der Waals surface area contributed by atoms with Crippen LogP contribution in [-0.4, -0.2) is 70.5 Å². The smallest absolute Gasteiger partial charge is 0.333 e. The van der Waals surface area contributed by atoms with E-state index in [4.69, 9.17) is 14.6 Å². The second-order valence-electron chi connectivity index (χ2n) is 14.5. The molecule has 0 unspecified atom stereocenters. The summed E-state index contributed by atoms with van der Waals surface area (Å²) in [6.45, 7) is 7.90. The van der Waals surface area contributed by atoms with Crippen molar-refractivity contribution in [3.8, 4) is 0 Å². The molecule has 44 heavy (non-hydrogen) atoms. The molecule has 7 atom stereocenters. The van der Waals surface area contributed by atoms with E-state index in [1.165, 1.54) is 26.3 Å². The van der Waals surface area contributed by atoms with Gasteiger partial charge in [-0.2, -0.15) is 0 Å². The molecule has 0 spiro atoms. The summed E-state index contributed by atoms with van der Waals surface area (Å²) in [6.07, 6.45) is 5.40. The number of hydrogen-bond donors (Lipinski definition) is 3. The van der Waals surface area contributed by atoms with E-state index in [-0.39, 0.29) is 36.5 Å². The standard InChI is InChI=1S/C33H47NO10/c1-19(35)44-33(25(37)17-43-27(39)9-8-26(38)34-18-30(2,3)28(40)29(41)42)15-12-24-22-7-6-20-16-21(36)10-13-31(20,4)23(22)11-14-32(24,33)5/h16,22-24,28,40H,6-15,17-18H2,1-5H3,(H,34,38)(H,41,42)/t22-,23+,24+,28+,31+,32+,33+/m1/s1. The highest BCUT2D eigenvalue weighted by Crippen LogP contribution is 2.68. The molecule has 3 saturated carbocycles. The summed E-state index contributed by atoms with van der Waals surface area (Å²) in [5.74, 6) is -2.64. The van der Waals surface area contributed by atoms with Gasteiger partial charge in [0.2, 0.25) is 11.7 Å². The summed E-state index contributed by atoms with van der Waals surface area (Å²) in [4.78, 5) is 74.3. The minimum absolute atomic E-state index is 0.0392. The summed E-state index contributed by atoms with van der Waals surface area (Å²) in [6, 6.07) is 0. The van der Waals surface area contributed by atoms with Crippen LogP contribution < -0.4 is 5.32 Å². The lowest BCUT2D eigenvalue weighted by Crippen LogP contribution is -2.59. The van der Waals surface area contributed by atoms with E-state index in [1.54, 1.807) is 0 Å². The molecular weight excluding hydrogens is 570 g/mol. The highest BCUT2D eigenvalue weighted by Gasteiger charge is 2.68. The number of allylic oxidation sites excluding steroid dienone is 1. The molecule has 0 aromatic carbocycles. The lowest BCUT2D eigenvalue weighted by molar-refractivity contribution is -0.191. The lowest BCUT2D eigenvalue weighted by atomic mass is 9.46. The second-order valence-corrected chi connectivity index (χ2v) is 14.5. The Kier molecular flexibility index (Phi) is 9.50. The van der Waals surface area contributed by atoms with Gasteiger partial charge >= 0.3 is 17.9 Å². The maximum Gasteiger partial charge on any atom is 0.333 e. The number of amides is 1. The maximum atomic E-state index is 13.9. The number of esters is 2. The van der Waals surface area contributed by atoms with Crippen molar-refractivity contribution in [2.45, 2.75) is 111 Å². The Labute approximate surface area is 258 Å². The van der Waals surface area contributed by atoms with Gasteiger partial charge in [0.25, 0.3) is 0 Å². The van der Waals surface area contributed by atoms with Crippen molar-refractivity contribution in [2.24, 2.45) is 34.0 Å². The predicted octanol–water partition coefficient (Wildman–Crippen LogP) is 3.30. The number of carboxylic acids is 1. The van der Waals surface area contributed by atoms with Crippen molar-refractivity contribution < 1.29 is 48.5 Å². The molecule has 3 N–H and O–H groups in total. The third-order valence-corrected chi connectivity index (χ3v) is 11.5. The number of fused-ring (bicyclic) bond motifs is 5. The molecule has 0 bridgehead atoms. The fourth-order valence-corrected chi connectivity index (χ4v) is 8.88. The van der Waals surface area contributed by atoms with Gasteiger partial charge in [0.05, 0.1) is 6.42 Å². The van der Waals surface area contributed by atoms with E-state index >= 15 is 0 Å². The van der Waals surface area contributed by atoms with Crippen molar-refractivity contribution >= 4 is 35.4 Å². The number of carboxylic acid groups (broad SMARTS) is 1. The second kappa shape index (κ2) is 12.4. The van der Waals surface area contributed by atoms with Crippen LogP contribution in [0, 0.1) is 34.0 Å². The molecule has 0 radical (unpaired) electrons. The van der Waals surface area contributed by atoms with Gasteiger partial charge in [-0.05, 0) is 74.2 Å². The Hall–Kier alpha value is -3.08. The fraction of sp³-hybridized carbons (Fsp3) is 0.758. The van der Waals surface area contributed by atoms with Gasteiger partial charge in [0.1, 0.15) is 0 Å². The molecule has 11 nitrogen and oxygen atoms in total. The van der Waals surface area contributed by atoms with E-state index < -0.39 is 58.7 Å². The molecular formula is C33H47NO10. The van der Waals surface area contributed by atoms with Crippen LogP contribution in [0.5, 0.6) is 0 Å². The predicted molar refractivity (Wildman–Crippen MR) is 157 cm³/mol. The molecule has 0 aromatic rings. The first-order valence-corrected chi connectivity index (χ1v) is 15.8. The number of carbonyl (C=O) groups is 6. The molecule has 4 rings (SSSR count). The SMILES string of the molecule is CC(=O)O[C@]1(C(=O)COC(=O)CCC(=O)NCC(C)(C)[C@@H](O)C(=O)O)CC[C@H]2[C@@H]3CCC4=CC(=O)CC[C@]4(C)[C@H]3CC[C@@]21C. The number of rotatable bonds is 11. The van der Waals surface area contributed by atoms with Crippen molar-refractivity contribution in [1.82, 2.24) is 5.32 Å². The number of hydrogen-bond acceptors (Lipinski definition) is 9. The van der Waals surface area contributed by atoms with E-state index in [9.17, 15) is 33.9 Å². The van der Waals surface area contributed by atoms with Gasteiger partial charge < -0.3 is 25.0 Å². The Morgan fingerprint density at radius 3 is 2.36 bits per heavy atom. The Morgan fingerprint density at radius 2 is 1.70 bits per heavy atom.